The molecule has 1 aliphatic rings. The first kappa shape index (κ1) is 17.9. The van der Waals surface area contributed by atoms with Gasteiger partial charge in [-0.25, -0.2) is 0 Å². The molecule has 7 heteroatoms. The SMILES string of the molecule is COc1ccc(N2C(=O)C(O)C2c2cc(OC)c(OC)c(OC)c2)cc1. The average molecular weight is 359 g/mol. The molecule has 1 heterocycles. The van der Waals surface area contributed by atoms with Crippen LogP contribution in [0.1, 0.15) is 11.6 Å². The predicted octanol–water partition coefficient (Wildman–Crippen LogP) is 2.17. The van der Waals surface area contributed by atoms with Crippen LogP contribution in [-0.4, -0.2) is 45.6 Å². The summed E-state index contributed by atoms with van der Waals surface area (Å²) in [5.74, 6) is 1.70. The van der Waals surface area contributed by atoms with Crippen molar-refractivity contribution in [1.82, 2.24) is 0 Å². The van der Waals surface area contributed by atoms with Crippen LogP contribution in [0, 0.1) is 0 Å². The summed E-state index contributed by atoms with van der Waals surface area (Å²) in [7, 11) is 6.13. The van der Waals surface area contributed by atoms with Crippen LogP contribution in [0.15, 0.2) is 36.4 Å². The maximum atomic E-state index is 12.3. The average Bonchev–Trinajstić information content (AvgIpc) is 2.70. The predicted molar refractivity (Wildman–Crippen MR) is 95.3 cm³/mol. The molecule has 3 rings (SSSR count). The fourth-order valence-electron chi connectivity index (χ4n) is 3.11. The normalized spacial score (nSPS) is 19.0. The molecule has 0 saturated carbocycles. The van der Waals surface area contributed by atoms with Crippen molar-refractivity contribution in [3.63, 3.8) is 0 Å². The Morgan fingerprint density at radius 2 is 1.46 bits per heavy atom. The third-order valence-corrected chi connectivity index (χ3v) is 4.45. The highest BCUT2D eigenvalue weighted by atomic mass is 16.5. The summed E-state index contributed by atoms with van der Waals surface area (Å²) in [6, 6.07) is 9.99. The first-order valence-corrected chi connectivity index (χ1v) is 8.00. The summed E-state index contributed by atoms with van der Waals surface area (Å²) in [5, 5.41) is 10.3. The molecule has 2 unspecified atom stereocenters. The third kappa shape index (κ3) is 2.80. The Morgan fingerprint density at radius 1 is 0.885 bits per heavy atom. The van der Waals surface area contributed by atoms with Crippen LogP contribution in [-0.2, 0) is 4.79 Å². The van der Waals surface area contributed by atoms with Gasteiger partial charge in [0.25, 0.3) is 5.91 Å². The molecule has 1 N–H and O–H groups in total. The lowest BCUT2D eigenvalue weighted by atomic mass is 9.89. The van der Waals surface area contributed by atoms with Crippen molar-refractivity contribution in [2.45, 2.75) is 12.1 Å². The highest BCUT2D eigenvalue weighted by Gasteiger charge is 2.48. The quantitative estimate of drug-likeness (QED) is 0.797. The van der Waals surface area contributed by atoms with Crippen molar-refractivity contribution in [2.75, 3.05) is 33.3 Å². The van der Waals surface area contributed by atoms with Gasteiger partial charge in [-0.2, -0.15) is 0 Å². The van der Waals surface area contributed by atoms with Crippen molar-refractivity contribution in [1.29, 1.82) is 0 Å². The zero-order chi connectivity index (χ0) is 18.8. The molecule has 1 aliphatic heterocycles. The Morgan fingerprint density at radius 3 is 1.92 bits per heavy atom. The van der Waals surface area contributed by atoms with E-state index in [4.69, 9.17) is 18.9 Å². The van der Waals surface area contributed by atoms with Crippen molar-refractivity contribution in [3.05, 3.63) is 42.0 Å². The minimum absolute atomic E-state index is 0.367. The zero-order valence-electron chi connectivity index (χ0n) is 15.1. The van der Waals surface area contributed by atoms with E-state index in [1.165, 1.54) is 26.2 Å². The van der Waals surface area contributed by atoms with E-state index in [1.807, 2.05) is 0 Å². The molecular formula is C19H21NO6. The molecule has 26 heavy (non-hydrogen) atoms. The van der Waals surface area contributed by atoms with Gasteiger partial charge in [0.1, 0.15) is 5.75 Å². The van der Waals surface area contributed by atoms with Gasteiger partial charge < -0.3 is 24.1 Å². The summed E-state index contributed by atoms with van der Waals surface area (Å²) in [6.07, 6.45) is -1.14. The maximum Gasteiger partial charge on any atom is 0.259 e. The van der Waals surface area contributed by atoms with Gasteiger partial charge in [0.05, 0.1) is 34.5 Å². The number of aliphatic hydroxyl groups excluding tert-OH is 1. The van der Waals surface area contributed by atoms with Crippen molar-refractivity contribution in [2.24, 2.45) is 0 Å². The highest BCUT2D eigenvalue weighted by molar-refractivity contribution is 6.05. The molecule has 0 bridgehead atoms. The molecule has 1 saturated heterocycles. The second kappa shape index (κ2) is 7.13. The van der Waals surface area contributed by atoms with Crippen molar-refractivity contribution < 1.29 is 28.8 Å². The van der Waals surface area contributed by atoms with E-state index in [-0.39, 0.29) is 5.91 Å². The Kier molecular flexibility index (Phi) is 4.90. The van der Waals surface area contributed by atoms with E-state index in [9.17, 15) is 9.90 Å². The Labute approximate surface area is 151 Å². The minimum atomic E-state index is -1.14. The molecule has 0 aromatic heterocycles. The van der Waals surface area contributed by atoms with E-state index < -0.39 is 12.1 Å². The summed E-state index contributed by atoms with van der Waals surface area (Å²) >= 11 is 0. The zero-order valence-corrected chi connectivity index (χ0v) is 15.1. The molecule has 138 valence electrons. The number of methoxy groups -OCH3 is 4. The number of benzene rings is 2. The van der Waals surface area contributed by atoms with Crippen LogP contribution in [0.2, 0.25) is 0 Å². The van der Waals surface area contributed by atoms with E-state index in [1.54, 1.807) is 43.5 Å². The number of nitrogens with zero attached hydrogens (tertiary/aromatic N) is 1. The molecular weight excluding hydrogens is 338 g/mol. The smallest absolute Gasteiger partial charge is 0.259 e. The Bertz CT molecular complexity index is 779. The molecule has 1 amide bonds. The molecule has 1 fully saturated rings. The van der Waals surface area contributed by atoms with E-state index >= 15 is 0 Å². The summed E-state index contributed by atoms with van der Waals surface area (Å²) in [4.78, 5) is 13.8. The Balaban J connectivity index is 2.02. The number of rotatable bonds is 6. The monoisotopic (exact) mass is 359 g/mol. The van der Waals surface area contributed by atoms with E-state index in [2.05, 4.69) is 0 Å². The second-order valence-corrected chi connectivity index (χ2v) is 5.75. The number of aliphatic hydroxyl groups is 1. The lowest BCUT2D eigenvalue weighted by Gasteiger charge is -2.44. The van der Waals surface area contributed by atoms with Crippen LogP contribution in [0.25, 0.3) is 0 Å². The van der Waals surface area contributed by atoms with Crippen LogP contribution in [0.4, 0.5) is 5.69 Å². The number of carbonyl (C=O) groups excluding carboxylic acids is 1. The van der Waals surface area contributed by atoms with Crippen LogP contribution in [0.3, 0.4) is 0 Å². The molecule has 0 aliphatic carbocycles. The van der Waals surface area contributed by atoms with Gasteiger partial charge in [0, 0.05) is 5.69 Å². The van der Waals surface area contributed by atoms with Crippen molar-refractivity contribution >= 4 is 11.6 Å². The molecule has 2 aromatic rings. The number of carbonyl (C=O) groups is 1. The largest absolute Gasteiger partial charge is 0.497 e. The van der Waals surface area contributed by atoms with Crippen molar-refractivity contribution in [3.8, 4) is 23.0 Å². The standard InChI is InChI=1S/C19H21NO6/c1-23-13-7-5-12(6-8-13)20-16(17(21)19(20)22)11-9-14(24-2)18(26-4)15(10-11)25-3/h5-10,16-17,21H,1-4H3. The number of β-lactam (4-membered cyclic amide) rings is 1. The Hall–Kier alpha value is -2.93. The summed E-state index contributed by atoms with van der Waals surface area (Å²) < 4.78 is 21.2. The fraction of sp³-hybridized carbons (Fsp3) is 0.316. The van der Waals surface area contributed by atoms with Gasteiger partial charge in [0.2, 0.25) is 5.75 Å². The lowest BCUT2D eigenvalue weighted by Crippen LogP contribution is -2.59. The number of anilines is 1. The minimum Gasteiger partial charge on any atom is -0.497 e. The van der Waals surface area contributed by atoms with Crippen LogP contribution < -0.4 is 23.8 Å². The van der Waals surface area contributed by atoms with Gasteiger partial charge in [0.15, 0.2) is 17.6 Å². The van der Waals surface area contributed by atoms with Crippen LogP contribution >= 0.6 is 0 Å². The molecule has 0 radical (unpaired) electrons. The third-order valence-electron chi connectivity index (χ3n) is 4.45. The maximum absolute atomic E-state index is 12.3. The topological polar surface area (TPSA) is 77.5 Å². The number of ether oxygens (including phenoxy) is 4. The summed E-state index contributed by atoms with van der Waals surface area (Å²) in [5.41, 5.74) is 1.35. The van der Waals surface area contributed by atoms with Gasteiger partial charge in [-0.1, -0.05) is 0 Å². The van der Waals surface area contributed by atoms with Gasteiger partial charge in [-0.3, -0.25) is 9.69 Å². The van der Waals surface area contributed by atoms with Gasteiger partial charge in [-0.15, -0.1) is 0 Å². The number of hydrogen-bond acceptors (Lipinski definition) is 6. The van der Waals surface area contributed by atoms with Crippen LogP contribution in [0.5, 0.6) is 23.0 Å². The number of amides is 1. The lowest BCUT2D eigenvalue weighted by molar-refractivity contribution is -0.137. The van der Waals surface area contributed by atoms with E-state index in [0.29, 0.717) is 34.2 Å². The van der Waals surface area contributed by atoms with Gasteiger partial charge in [-0.05, 0) is 42.0 Å². The molecule has 7 nitrogen and oxygen atoms in total. The molecule has 0 spiro atoms. The van der Waals surface area contributed by atoms with Gasteiger partial charge >= 0.3 is 0 Å². The highest BCUT2D eigenvalue weighted by Crippen LogP contribution is 2.45. The second-order valence-electron chi connectivity index (χ2n) is 5.75. The number of hydrogen-bond donors (Lipinski definition) is 1. The molecule has 2 aromatic carbocycles. The van der Waals surface area contributed by atoms with E-state index in [0.717, 1.165) is 0 Å². The molecule has 2 atom stereocenters. The first-order chi connectivity index (χ1) is 12.5. The first-order valence-electron chi connectivity index (χ1n) is 8.00. The fourth-order valence-corrected chi connectivity index (χ4v) is 3.11. The summed E-state index contributed by atoms with van der Waals surface area (Å²) in [6.45, 7) is 0.